The molecule has 102 valence electrons. The first kappa shape index (κ1) is 14.5. The SMILES string of the molecule is CCOC(=O)C(=O)NNC(=O)C1CCCCCC1. The van der Waals surface area contributed by atoms with E-state index in [-0.39, 0.29) is 18.4 Å². The standard InChI is InChI=1S/C12H20N2O4/c1-2-18-12(17)11(16)14-13-10(15)9-7-5-3-4-6-8-9/h9H,2-8H2,1H3,(H,13,15)(H,14,16). The van der Waals surface area contributed by atoms with Gasteiger partial charge >= 0.3 is 11.9 Å². The number of carbonyl (C=O) groups excluding carboxylic acids is 3. The summed E-state index contributed by atoms with van der Waals surface area (Å²) >= 11 is 0. The molecule has 0 radical (unpaired) electrons. The second-order valence-corrected chi connectivity index (χ2v) is 4.35. The molecular weight excluding hydrogens is 236 g/mol. The van der Waals surface area contributed by atoms with E-state index >= 15 is 0 Å². The van der Waals surface area contributed by atoms with Crippen LogP contribution in [0.1, 0.15) is 45.4 Å². The maximum absolute atomic E-state index is 11.8. The van der Waals surface area contributed by atoms with Crippen LogP contribution in [0.4, 0.5) is 0 Å². The maximum atomic E-state index is 11.8. The van der Waals surface area contributed by atoms with Gasteiger partial charge in [-0.25, -0.2) is 4.79 Å². The molecule has 6 nitrogen and oxygen atoms in total. The highest BCUT2D eigenvalue weighted by Gasteiger charge is 2.21. The summed E-state index contributed by atoms with van der Waals surface area (Å²) in [4.78, 5) is 33.9. The van der Waals surface area contributed by atoms with Crippen molar-refractivity contribution in [3.05, 3.63) is 0 Å². The van der Waals surface area contributed by atoms with Gasteiger partial charge in [0, 0.05) is 5.92 Å². The normalized spacial score (nSPS) is 16.5. The number of esters is 1. The molecule has 1 aliphatic carbocycles. The van der Waals surface area contributed by atoms with Gasteiger partial charge in [-0.1, -0.05) is 25.7 Å². The monoisotopic (exact) mass is 256 g/mol. The van der Waals surface area contributed by atoms with Gasteiger partial charge < -0.3 is 4.74 Å². The molecule has 0 bridgehead atoms. The summed E-state index contributed by atoms with van der Waals surface area (Å²) in [6.07, 6.45) is 6.04. The van der Waals surface area contributed by atoms with Crippen molar-refractivity contribution in [1.29, 1.82) is 0 Å². The van der Waals surface area contributed by atoms with E-state index in [1.165, 1.54) is 0 Å². The van der Waals surface area contributed by atoms with Crippen LogP contribution >= 0.6 is 0 Å². The summed E-state index contributed by atoms with van der Waals surface area (Å²) in [6, 6.07) is 0. The highest BCUT2D eigenvalue weighted by Crippen LogP contribution is 2.22. The van der Waals surface area contributed by atoms with Gasteiger partial charge in [-0.2, -0.15) is 0 Å². The van der Waals surface area contributed by atoms with Gasteiger partial charge in [0.25, 0.3) is 0 Å². The predicted octanol–water partition coefficient (Wildman–Crippen LogP) is 0.667. The fourth-order valence-corrected chi connectivity index (χ4v) is 2.01. The molecule has 1 rings (SSSR count). The van der Waals surface area contributed by atoms with Crippen LogP contribution in [-0.4, -0.2) is 24.4 Å². The molecule has 1 saturated carbocycles. The highest BCUT2D eigenvalue weighted by atomic mass is 16.5. The minimum atomic E-state index is -0.987. The van der Waals surface area contributed by atoms with Crippen LogP contribution in [-0.2, 0) is 19.1 Å². The Morgan fingerprint density at radius 2 is 1.67 bits per heavy atom. The third kappa shape index (κ3) is 4.73. The Hall–Kier alpha value is -1.59. The number of hydrogen-bond acceptors (Lipinski definition) is 4. The third-order valence-corrected chi connectivity index (χ3v) is 2.99. The molecule has 2 amide bonds. The largest absolute Gasteiger partial charge is 0.459 e. The molecule has 1 fully saturated rings. The second-order valence-electron chi connectivity index (χ2n) is 4.35. The zero-order valence-corrected chi connectivity index (χ0v) is 10.7. The molecule has 0 aromatic heterocycles. The Kier molecular flexibility index (Phi) is 6.18. The van der Waals surface area contributed by atoms with E-state index in [0.29, 0.717) is 0 Å². The van der Waals surface area contributed by atoms with Crippen LogP contribution in [0.15, 0.2) is 0 Å². The summed E-state index contributed by atoms with van der Waals surface area (Å²) in [5.41, 5.74) is 4.35. The van der Waals surface area contributed by atoms with E-state index in [1.807, 2.05) is 0 Å². The van der Waals surface area contributed by atoms with E-state index in [9.17, 15) is 14.4 Å². The lowest BCUT2D eigenvalue weighted by Gasteiger charge is -2.14. The van der Waals surface area contributed by atoms with Crippen molar-refractivity contribution < 1.29 is 19.1 Å². The summed E-state index contributed by atoms with van der Waals surface area (Å²) in [5, 5.41) is 0. The predicted molar refractivity (Wildman–Crippen MR) is 64.1 cm³/mol. The molecule has 0 saturated heterocycles. The summed E-state index contributed by atoms with van der Waals surface area (Å²) < 4.78 is 4.50. The van der Waals surface area contributed by atoms with Crippen molar-refractivity contribution in [3.63, 3.8) is 0 Å². The van der Waals surface area contributed by atoms with Gasteiger partial charge in [-0.3, -0.25) is 20.4 Å². The van der Waals surface area contributed by atoms with Crippen LogP contribution in [0.3, 0.4) is 0 Å². The molecule has 0 heterocycles. The number of ether oxygens (including phenoxy) is 1. The van der Waals surface area contributed by atoms with E-state index in [4.69, 9.17) is 0 Å². The molecule has 0 atom stereocenters. The molecule has 0 aliphatic heterocycles. The minimum absolute atomic E-state index is 0.0741. The average Bonchev–Trinajstić information content (AvgIpc) is 2.64. The second kappa shape index (κ2) is 7.68. The van der Waals surface area contributed by atoms with E-state index in [2.05, 4.69) is 15.6 Å². The molecular formula is C12H20N2O4. The van der Waals surface area contributed by atoms with Crippen molar-refractivity contribution in [2.45, 2.75) is 45.4 Å². The number of hydrogen-bond donors (Lipinski definition) is 2. The van der Waals surface area contributed by atoms with Crippen LogP contribution in [0.5, 0.6) is 0 Å². The summed E-state index contributed by atoms with van der Waals surface area (Å²) in [6.45, 7) is 1.73. The Labute approximate surface area is 106 Å². The van der Waals surface area contributed by atoms with Gasteiger partial charge in [0.1, 0.15) is 0 Å². The summed E-state index contributed by atoms with van der Waals surface area (Å²) in [7, 11) is 0. The smallest absolute Gasteiger partial charge is 0.398 e. The maximum Gasteiger partial charge on any atom is 0.398 e. The summed E-state index contributed by atoms with van der Waals surface area (Å²) in [5.74, 6) is -2.23. The van der Waals surface area contributed by atoms with Gasteiger partial charge in [0.15, 0.2) is 0 Å². The zero-order valence-electron chi connectivity index (χ0n) is 10.7. The lowest BCUT2D eigenvalue weighted by atomic mass is 10.00. The number of carbonyl (C=O) groups is 3. The lowest BCUT2D eigenvalue weighted by molar-refractivity contribution is -0.155. The average molecular weight is 256 g/mol. The van der Waals surface area contributed by atoms with Crippen molar-refractivity contribution in [1.82, 2.24) is 10.9 Å². The molecule has 6 heteroatoms. The van der Waals surface area contributed by atoms with Gasteiger partial charge in [0.2, 0.25) is 5.91 Å². The number of rotatable bonds is 2. The molecule has 0 unspecified atom stereocenters. The van der Waals surface area contributed by atoms with Crippen LogP contribution < -0.4 is 10.9 Å². The van der Waals surface area contributed by atoms with E-state index in [1.54, 1.807) is 6.92 Å². The number of hydrazine groups is 1. The highest BCUT2D eigenvalue weighted by molar-refractivity contribution is 6.32. The molecule has 0 aromatic rings. The topological polar surface area (TPSA) is 84.5 Å². The Balaban J connectivity index is 2.31. The van der Waals surface area contributed by atoms with Crippen LogP contribution in [0, 0.1) is 5.92 Å². The van der Waals surface area contributed by atoms with Crippen molar-refractivity contribution >= 4 is 17.8 Å². The Morgan fingerprint density at radius 3 is 2.22 bits per heavy atom. The van der Waals surface area contributed by atoms with Crippen molar-refractivity contribution in [3.8, 4) is 0 Å². The first-order valence-electron chi connectivity index (χ1n) is 6.42. The van der Waals surface area contributed by atoms with Crippen LogP contribution in [0.25, 0.3) is 0 Å². The first-order chi connectivity index (χ1) is 8.65. The molecule has 18 heavy (non-hydrogen) atoms. The molecule has 1 aliphatic rings. The molecule has 0 aromatic carbocycles. The fourth-order valence-electron chi connectivity index (χ4n) is 2.01. The van der Waals surface area contributed by atoms with Gasteiger partial charge in [-0.15, -0.1) is 0 Å². The van der Waals surface area contributed by atoms with E-state index < -0.39 is 11.9 Å². The minimum Gasteiger partial charge on any atom is -0.459 e. The lowest BCUT2D eigenvalue weighted by Crippen LogP contribution is -2.47. The van der Waals surface area contributed by atoms with E-state index in [0.717, 1.165) is 38.5 Å². The first-order valence-corrected chi connectivity index (χ1v) is 6.42. The number of nitrogens with one attached hydrogen (secondary N) is 2. The van der Waals surface area contributed by atoms with Gasteiger partial charge in [0.05, 0.1) is 6.61 Å². The van der Waals surface area contributed by atoms with Crippen molar-refractivity contribution in [2.24, 2.45) is 5.92 Å². The fraction of sp³-hybridized carbons (Fsp3) is 0.750. The third-order valence-electron chi connectivity index (χ3n) is 2.99. The quantitative estimate of drug-likeness (QED) is 0.329. The molecule has 0 spiro atoms. The Morgan fingerprint density at radius 1 is 1.06 bits per heavy atom. The molecule has 2 N–H and O–H groups in total. The Bertz CT molecular complexity index is 309. The zero-order chi connectivity index (χ0) is 13.4. The van der Waals surface area contributed by atoms with Gasteiger partial charge in [-0.05, 0) is 19.8 Å². The van der Waals surface area contributed by atoms with Crippen molar-refractivity contribution in [2.75, 3.05) is 6.61 Å². The van der Waals surface area contributed by atoms with Crippen LogP contribution in [0.2, 0.25) is 0 Å². The number of amides is 2.